The largest absolute Gasteiger partial charge is 0.383 e. The maximum absolute atomic E-state index is 13.3. The van der Waals surface area contributed by atoms with Crippen molar-refractivity contribution in [1.29, 1.82) is 0 Å². The molecule has 1 aliphatic heterocycles. The Morgan fingerprint density at radius 2 is 2.10 bits per heavy atom. The molecular formula is C13H12F2N4S. The first-order valence-electron chi connectivity index (χ1n) is 6.36. The van der Waals surface area contributed by atoms with Gasteiger partial charge in [0.15, 0.2) is 0 Å². The van der Waals surface area contributed by atoms with Gasteiger partial charge in [-0.15, -0.1) is 11.3 Å². The quantitative estimate of drug-likeness (QED) is 0.924. The molecule has 0 aromatic carbocycles. The van der Waals surface area contributed by atoms with Crippen LogP contribution in [-0.4, -0.2) is 29.0 Å². The number of halogens is 2. The second-order valence-electron chi connectivity index (χ2n) is 5.24. The summed E-state index contributed by atoms with van der Waals surface area (Å²) in [6.45, 7) is 0.727. The molecule has 2 aromatic heterocycles. The number of thiazole rings is 1. The number of rotatable bonds is 2. The number of nitrogens with zero attached hydrogens (tertiary/aromatic N) is 3. The maximum Gasteiger partial charge on any atom is 0.258 e. The number of nitrogens with two attached hydrogens (primary N) is 1. The van der Waals surface area contributed by atoms with Crippen LogP contribution in [0.3, 0.4) is 0 Å². The molecule has 2 aliphatic rings. The van der Waals surface area contributed by atoms with Crippen LogP contribution in [0.15, 0.2) is 23.7 Å². The molecular weight excluding hydrogens is 282 g/mol. The van der Waals surface area contributed by atoms with Crippen molar-refractivity contribution in [2.24, 2.45) is 11.8 Å². The first kappa shape index (κ1) is 12.0. The molecule has 3 heterocycles. The zero-order chi connectivity index (χ0) is 13.9. The van der Waals surface area contributed by atoms with E-state index >= 15 is 0 Å². The SMILES string of the molecule is Nc1csc(-c2cccnc2N2CC3C(C2)C3(F)F)n1. The molecule has 2 unspecified atom stereocenters. The van der Waals surface area contributed by atoms with Crippen molar-refractivity contribution in [3.63, 3.8) is 0 Å². The van der Waals surface area contributed by atoms with Crippen LogP contribution in [0.5, 0.6) is 0 Å². The molecule has 1 saturated carbocycles. The maximum atomic E-state index is 13.3. The van der Waals surface area contributed by atoms with Crippen LogP contribution in [0.4, 0.5) is 20.4 Å². The third-order valence-electron chi connectivity index (χ3n) is 4.04. The fourth-order valence-corrected chi connectivity index (χ4v) is 3.64. The summed E-state index contributed by atoms with van der Waals surface area (Å²) in [7, 11) is 0. The Morgan fingerprint density at radius 3 is 2.75 bits per heavy atom. The first-order chi connectivity index (χ1) is 9.57. The lowest BCUT2D eigenvalue weighted by Crippen LogP contribution is -2.28. The van der Waals surface area contributed by atoms with Crippen molar-refractivity contribution in [3.05, 3.63) is 23.7 Å². The number of pyridine rings is 1. The van der Waals surface area contributed by atoms with Gasteiger partial charge in [-0.25, -0.2) is 18.7 Å². The van der Waals surface area contributed by atoms with Gasteiger partial charge in [0.2, 0.25) is 0 Å². The average molecular weight is 294 g/mol. The molecule has 2 fully saturated rings. The molecule has 0 spiro atoms. The van der Waals surface area contributed by atoms with Gasteiger partial charge in [0, 0.05) is 24.7 Å². The molecule has 2 atom stereocenters. The number of nitrogen functional groups attached to an aromatic ring is 1. The van der Waals surface area contributed by atoms with Gasteiger partial charge in [-0.3, -0.25) is 0 Å². The number of alkyl halides is 2. The minimum atomic E-state index is -2.48. The smallest absolute Gasteiger partial charge is 0.258 e. The van der Waals surface area contributed by atoms with Crippen molar-refractivity contribution >= 4 is 23.0 Å². The summed E-state index contributed by atoms with van der Waals surface area (Å²) in [5, 5.41) is 2.54. The second kappa shape index (κ2) is 3.88. The summed E-state index contributed by atoms with van der Waals surface area (Å²) in [5.41, 5.74) is 6.51. The van der Waals surface area contributed by atoms with Crippen LogP contribution in [-0.2, 0) is 0 Å². The Kier molecular flexibility index (Phi) is 2.33. The molecule has 2 N–H and O–H groups in total. The highest BCUT2D eigenvalue weighted by Crippen LogP contribution is 2.59. The molecule has 1 saturated heterocycles. The van der Waals surface area contributed by atoms with E-state index in [0.29, 0.717) is 18.9 Å². The van der Waals surface area contributed by atoms with Crippen molar-refractivity contribution < 1.29 is 8.78 Å². The monoisotopic (exact) mass is 294 g/mol. The van der Waals surface area contributed by atoms with Crippen LogP contribution >= 0.6 is 11.3 Å². The summed E-state index contributed by atoms with van der Waals surface area (Å²) >= 11 is 1.44. The van der Waals surface area contributed by atoms with Gasteiger partial charge in [0.05, 0.1) is 17.4 Å². The van der Waals surface area contributed by atoms with Gasteiger partial charge in [-0.2, -0.15) is 0 Å². The standard InChI is InChI=1S/C13H12F2N4S/c14-13(15)8-4-19(5-9(8)13)11-7(2-1-3-17-11)12-18-10(16)6-20-12/h1-3,6,8-9H,4-5,16H2. The molecule has 7 heteroatoms. The normalized spacial score (nSPS) is 26.6. The predicted octanol–water partition coefficient (Wildman–Crippen LogP) is 2.49. The van der Waals surface area contributed by atoms with Crippen molar-refractivity contribution in [2.45, 2.75) is 5.92 Å². The van der Waals surface area contributed by atoms with E-state index in [1.807, 2.05) is 17.0 Å². The molecule has 20 heavy (non-hydrogen) atoms. The third kappa shape index (κ3) is 1.62. The van der Waals surface area contributed by atoms with E-state index in [0.717, 1.165) is 16.4 Å². The van der Waals surface area contributed by atoms with Crippen LogP contribution in [0.2, 0.25) is 0 Å². The van der Waals surface area contributed by atoms with Crippen molar-refractivity contribution in [3.8, 4) is 10.6 Å². The topological polar surface area (TPSA) is 55.0 Å². The number of anilines is 2. The van der Waals surface area contributed by atoms with Gasteiger partial charge in [-0.1, -0.05) is 0 Å². The Labute approximate surface area is 118 Å². The molecule has 0 radical (unpaired) electrons. The lowest BCUT2D eigenvalue weighted by molar-refractivity contribution is 0.0797. The first-order valence-corrected chi connectivity index (χ1v) is 7.24. The van der Waals surface area contributed by atoms with Crippen LogP contribution in [0, 0.1) is 11.8 Å². The highest BCUT2D eigenvalue weighted by atomic mass is 32.1. The zero-order valence-corrected chi connectivity index (χ0v) is 11.3. The van der Waals surface area contributed by atoms with E-state index in [9.17, 15) is 8.78 Å². The highest BCUT2D eigenvalue weighted by molar-refractivity contribution is 7.13. The van der Waals surface area contributed by atoms with E-state index in [-0.39, 0.29) is 0 Å². The van der Waals surface area contributed by atoms with Crippen LogP contribution in [0.1, 0.15) is 0 Å². The third-order valence-corrected chi connectivity index (χ3v) is 4.93. The Balaban J connectivity index is 1.67. The van der Waals surface area contributed by atoms with Crippen LogP contribution in [0.25, 0.3) is 10.6 Å². The lowest BCUT2D eigenvalue weighted by atomic mass is 10.2. The number of hydrogen-bond acceptors (Lipinski definition) is 5. The molecule has 1 aliphatic carbocycles. The minimum absolute atomic E-state index is 0.364. The Hall–Kier alpha value is -1.76. The van der Waals surface area contributed by atoms with Gasteiger partial charge in [-0.05, 0) is 12.1 Å². The zero-order valence-electron chi connectivity index (χ0n) is 10.5. The van der Waals surface area contributed by atoms with Gasteiger partial charge in [0.1, 0.15) is 16.6 Å². The summed E-state index contributed by atoms with van der Waals surface area (Å²) < 4.78 is 26.6. The Morgan fingerprint density at radius 1 is 1.35 bits per heavy atom. The minimum Gasteiger partial charge on any atom is -0.383 e. The van der Waals surface area contributed by atoms with E-state index < -0.39 is 17.8 Å². The molecule has 0 amide bonds. The number of aromatic nitrogens is 2. The van der Waals surface area contributed by atoms with Gasteiger partial charge < -0.3 is 10.6 Å². The summed E-state index contributed by atoms with van der Waals surface area (Å²) in [6.07, 6.45) is 1.68. The molecule has 2 aromatic rings. The van der Waals surface area contributed by atoms with Crippen LogP contribution < -0.4 is 10.6 Å². The summed E-state index contributed by atoms with van der Waals surface area (Å²) in [4.78, 5) is 10.5. The highest BCUT2D eigenvalue weighted by Gasteiger charge is 2.71. The number of piperidine rings is 1. The van der Waals surface area contributed by atoms with E-state index in [4.69, 9.17) is 5.73 Å². The van der Waals surface area contributed by atoms with Crippen molar-refractivity contribution in [2.75, 3.05) is 23.7 Å². The van der Waals surface area contributed by atoms with E-state index in [1.165, 1.54) is 11.3 Å². The van der Waals surface area contributed by atoms with Gasteiger partial charge in [0.25, 0.3) is 5.92 Å². The Bertz CT molecular complexity index is 658. The summed E-state index contributed by atoms with van der Waals surface area (Å²) in [6, 6.07) is 3.73. The van der Waals surface area contributed by atoms with E-state index in [1.54, 1.807) is 11.6 Å². The molecule has 4 rings (SSSR count). The number of hydrogen-bond donors (Lipinski definition) is 1. The fraction of sp³-hybridized carbons (Fsp3) is 0.385. The number of fused-ring (bicyclic) bond motifs is 1. The average Bonchev–Trinajstić information content (AvgIpc) is 2.89. The molecule has 0 bridgehead atoms. The predicted molar refractivity (Wildman–Crippen MR) is 73.9 cm³/mol. The van der Waals surface area contributed by atoms with Crippen molar-refractivity contribution in [1.82, 2.24) is 9.97 Å². The second-order valence-corrected chi connectivity index (χ2v) is 6.10. The molecule has 4 nitrogen and oxygen atoms in total. The summed E-state index contributed by atoms with van der Waals surface area (Å²) in [5.74, 6) is -2.31. The fourth-order valence-electron chi connectivity index (χ4n) is 2.91. The van der Waals surface area contributed by atoms with E-state index in [2.05, 4.69) is 9.97 Å². The molecule has 104 valence electrons. The van der Waals surface area contributed by atoms with Gasteiger partial charge >= 0.3 is 0 Å². The lowest BCUT2D eigenvalue weighted by Gasteiger charge is -2.22.